The number of anilines is 1. The lowest BCUT2D eigenvalue weighted by molar-refractivity contribution is -0.136. The van der Waals surface area contributed by atoms with Gasteiger partial charge in [0.25, 0.3) is 0 Å². The van der Waals surface area contributed by atoms with E-state index < -0.39 is 5.97 Å². The summed E-state index contributed by atoms with van der Waals surface area (Å²) < 4.78 is 2.08. The number of nitrogens with one attached hydrogen (secondary N) is 1. The summed E-state index contributed by atoms with van der Waals surface area (Å²) in [5.74, 6) is -0.852. The second-order valence-electron chi connectivity index (χ2n) is 6.93. The SMILES string of the molecule is O=C(O)Cc1ccc(N/N=C/c2c(Cl)n(Cc3ccccc3)c3ccccc23)cc1. The molecule has 0 atom stereocenters. The van der Waals surface area contributed by atoms with E-state index in [1.54, 1.807) is 30.5 Å². The molecule has 0 saturated heterocycles. The van der Waals surface area contributed by atoms with Gasteiger partial charge in [0.1, 0.15) is 5.15 Å². The smallest absolute Gasteiger partial charge is 0.307 e. The summed E-state index contributed by atoms with van der Waals surface area (Å²) in [5, 5.41) is 14.9. The van der Waals surface area contributed by atoms with Crippen molar-refractivity contribution in [1.29, 1.82) is 0 Å². The fraction of sp³-hybridized carbons (Fsp3) is 0.0833. The van der Waals surface area contributed by atoms with Gasteiger partial charge in [-0.25, -0.2) is 0 Å². The van der Waals surface area contributed by atoms with Crippen LogP contribution in [0.2, 0.25) is 5.15 Å². The Kier molecular flexibility index (Phi) is 5.82. The second kappa shape index (κ2) is 8.84. The van der Waals surface area contributed by atoms with Crippen molar-refractivity contribution in [3.05, 3.63) is 101 Å². The number of benzene rings is 3. The molecule has 3 aromatic carbocycles. The van der Waals surface area contributed by atoms with Crippen molar-refractivity contribution in [2.24, 2.45) is 5.10 Å². The molecule has 30 heavy (non-hydrogen) atoms. The van der Waals surface area contributed by atoms with Crippen molar-refractivity contribution < 1.29 is 9.90 Å². The van der Waals surface area contributed by atoms with Crippen LogP contribution >= 0.6 is 11.6 Å². The normalized spacial score (nSPS) is 11.2. The third-order valence-electron chi connectivity index (χ3n) is 4.82. The third kappa shape index (κ3) is 4.36. The van der Waals surface area contributed by atoms with Gasteiger partial charge in [-0.05, 0) is 29.3 Å². The average molecular weight is 418 g/mol. The fourth-order valence-electron chi connectivity index (χ4n) is 3.39. The van der Waals surface area contributed by atoms with Crippen molar-refractivity contribution >= 4 is 40.4 Å². The Morgan fingerprint density at radius 3 is 2.40 bits per heavy atom. The first kappa shape index (κ1) is 19.7. The van der Waals surface area contributed by atoms with E-state index in [2.05, 4.69) is 33.3 Å². The standard InChI is InChI=1S/C24H20ClN3O2/c25-24-21(15-26-27-19-12-10-17(11-13-19)14-23(29)30)20-8-4-5-9-22(20)28(24)16-18-6-2-1-3-7-18/h1-13,15,27H,14,16H2,(H,29,30)/b26-15+. The monoisotopic (exact) mass is 417 g/mol. The van der Waals surface area contributed by atoms with Crippen molar-refractivity contribution in [3.63, 3.8) is 0 Å². The van der Waals surface area contributed by atoms with Crippen molar-refractivity contribution in [1.82, 2.24) is 4.57 Å². The summed E-state index contributed by atoms with van der Waals surface area (Å²) in [6.45, 7) is 0.673. The topological polar surface area (TPSA) is 66.6 Å². The molecule has 4 aromatic rings. The summed E-state index contributed by atoms with van der Waals surface area (Å²) in [6, 6.07) is 25.4. The Morgan fingerprint density at radius 2 is 1.67 bits per heavy atom. The molecule has 0 saturated carbocycles. The van der Waals surface area contributed by atoms with Gasteiger partial charge in [0, 0.05) is 17.5 Å². The molecule has 0 aliphatic carbocycles. The number of aliphatic carboxylic acids is 1. The molecule has 0 radical (unpaired) electrons. The number of carboxylic acid groups (broad SMARTS) is 1. The minimum Gasteiger partial charge on any atom is -0.481 e. The summed E-state index contributed by atoms with van der Waals surface area (Å²) in [5.41, 5.74) is 7.55. The van der Waals surface area contributed by atoms with Crippen molar-refractivity contribution in [2.75, 3.05) is 5.43 Å². The van der Waals surface area contributed by atoms with Crippen LogP contribution in [0.1, 0.15) is 16.7 Å². The first-order chi connectivity index (χ1) is 14.6. The highest BCUT2D eigenvalue weighted by Gasteiger charge is 2.14. The first-order valence-electron chi connectivity index (χ1n) is 9.52. The Hall–Kier alpha value is -3.57. The number of nitrogens with zero attached hydrogens (tertiary/aromatic N) is 2. The van der Waals surface area contributed by atoms with Gasteiger partial charge in [-0.1, -0.05) is 72.3 Å². The fourth-order valence-corrected chi connectivity index (χ4v) is 3.69. The third-order valence-corrected chi connectivity index (χ3v) is 5.23. The minimum absolute atomic E-state index is 0.0000742. The Labute approximate surface area is 179 Å². The van der Waals surface area contributed by atoms with Gasteiger partial charge in [0.2, 0.25) is 0 Å². The van der Waals surface area contributed by atoms with Gasteiger partial charge < -0.3 is 9.67 Å². The van der Waals surface area contributed by atoms with Gasteiger partial charge in [0.15, 0.2) is 0 Å². The number of rotatable bonds is 7. The molecule has 0 amide bonds. The van der Waals surface area contributed by atoms with Gasteiger partial charge in [-0.15, -0.1) is 0 Å². The lowest BCUT2D eigenvalue weighted by atomic mass is 10.1. The molecule has 0 spiro atoms. The summed E-state index contributed by atoms with van der Waals surface area (Å²) in [7, 11) is 0. The largest absolute Gasteiger partial charge is 0.481 e. The van der Waals surface area contributed by atoms with E-state index in [-0.39, 0.29) is 6.42 Å². The zero-order valence-corrected chi connectivity index (χ0v) is 16.9. The number of para-hydroxylation sites is 1. The zero-order valence-electron chi connectivity index (χ0n) is 16.1. The predicted octanol–water partition coefficient (Wildman–Crippen LogP) is 5.42. The minimum atomic E-state index is -0.852. The summed E-state index contributed by atoms with van der Waals surface area (Å²) in [6.07, 6.45) is 1.72. The van der Waals surface area contributed by atoms with Crippen LogP contribution in [0.3, 0.4) is 0 Å². The molecule has 1 heterocycles. The highest BCUT2D eigenvalue weighted by Crippen LogP contribution is 2.29. The number of fused-ring (bicyclic) bond motifs is 1. The van der Waals surface area contributed by atoms with Crippen LogP contribution in [0.4, 0.5) is 5.69 Å². The van der Waals surface area contributed by atoms with Crippen LogP contribution < -0.4 is 5.43 Å². The van der Waals surface area contributed by atoms with Gasteiger partial charge >= 0.3 is 5.97 Å². The quantitative estimate of drug-likeness (QED) is 0.312. The maximum atomic E-state index is 10.8. The molecule has 0 aliphatic rings. The molecular formula is C24H20ClN3O2. The second-order valence-corrected chi connectivity index (χ2v) is 7.29. The molecule has 4 rings (SSSR count). The van der Waals surface area contributed by atoms with Crippen LogP contribution in [-0.4, -0.2) is 21.9 Å². The molecule has 6 heteroatoms. The molecule has 150 valence electrons. The van der Waals surface area contributed by atoms with Crippen LogP contribution in [0, 0.1) is 0 Å². The van der Waals surface area contributed by atoms with Gasteiger partial charge in [-0.3, -0.25) is 10.2 Å². The molecular weight excluding hydrogens is 398 g/mol. The van der Waals surface area contributed by atoms with Crippen LogP contribution in [0.5, 0.6) is 0 Å². The molecule has 1 aromatic heterocycles. The van der Waals surface area contributed by atoms with Gasteiger partial charge in [-0.2, -0.15) is 5.10 Å². The van der Waals surface area contributed by atoms with E-state index in [0.29, 0.717) is 11.7 Å². The number of hydrogen-bond acceptors (Lipinski definition) is 3. The van der Waals surface area contributed by atoms with Crippen LogP contribution in [-0.2, 0) is 17.8 Å². The lowest BCUT2D eigenvalue weighted by Crippen LogP contribution is -2.00. The average Bonchev–Trinajstić information content (AvgIpc) is 3.01. The predicted molar refractivity (Wildman–Crippen MR) is 121 cm³/mol. The Balaban J connectivity index is 1.58. The van der Waals surface area contributed by atoms with Gasteiger partial charge in [0.05, 0.1) is 23.8 Å². The lowest BCUT2D eigenvalue weighted by Gasteiger charge is -2.07. The molecule has 0 bridgehead atoms. The van der Waals surface area contributed by atoms with E-state index in [0.717, 1.165) is 27.7 Å². The highest BCUT2D eigenvalue weighted by molar-refractivity contribution is 6.34. The van der Waals surface area contributed by atoms with E-state index >= 15 is 0 Å². The van der Waals surface area contributed by atoms with E-state index in [4.69, 9.17) is 16.7 Å². The number of hydrogen-bond donors (Lipinski definition) is 2. The highest BCUT2D eigenvalue weighted by atomic mass is 35.5. The number of halogens is 1. The van der Waals surface area contributed by atoms with Crippen LogP contribution in [0.15, 0.2) is 84.0 Å². The van der Waals surface area contributed by atoms with Crippen molar-refractivity contribution in [3.8, 4) is 0 Å². The van der Waals surface area contributed by atoms with E-state index in [9.17, 15) is 4.79 Å². The first-order valence-corrected chi connectivity index (χ1v) is 9.90. The summed E-state index contributed by atoms with van der Waals surface area (Å²) >= 11 is 6.74. The molecule has 2 N–H and O–H groups in total. The number of hydrazone groups is 1. The Bertz CT molecular complexity index is 1200. The molecule has 0 aliphatic heterocycles. The van der Waals surface area contributed by atoms with E-state index in [1.165, 1.54) is 5.56 Å². The summed E-state index contributed by atoms with van der Waals surface area (Å²) in [4.78, 5) is 10.8. The number of aromatic nitrogens is 1. The molecule has 5 nitrogen and oxygen atoms in total. The van der Waals surface area contributed by atoms with E-state index in [1.807, 2.05) is 36.4 Å². The number of carbonyl (C=O) groups is 1. The zero-order chi connectivity index (χ0) is 20.9. The Morgan fingerprint density at radius 1 is 0.967 bits per heavy atom. The molecule has 0 fully saturated rings. The maximum Gasteiger partial charge on any atom is 0.307 e. The van der Waals surface area contributed by atoms with Crippen LogP contribution in [0.25, 0.3) is 10.9 Å². The maximum absolute atomic E-state index is 10.8. The van der Waals surface area contributed by atoms with Crippen molar-refractivity contribution in [2.45, 2.75) is 13.0 Å². The number of carboxylic acids is 1. The molecule has 0 unspecified atom stereocenters.